The molecule has 0 amide bonds. The van der Waals surface area contributed by atoms with Gasteiger partial charge in [-0.05, 0) is 54.9 Å². The number of hydrogen-bond donors (Lipinski definition) is 1. The van der Waals surface area contributed by atoms with Gasteiger partial charge in [0.25, 0.3) is 10.0 Å². The molecule has 1 saturated heterocycles. The van der Waals surface area contributed by atoms with Crippen LogP contribution in [0.5, 0.6) is 0 Å². The molecule has 1 aliphatic heterocycles. The highest BCUT2D eigenvalue weighted by molar-refractivity contribution is 9.11. The lowest BCUT2D eigenvalue weighted by Crippen LogP contribution is -2.51. The predicted molar refractivity (Wildman–Crippen MR) is 77.5 cm³/mol. The van der Waals surface area contributed by atoms with Crippen molar-refractivity contribution in [3.63, 3.8) is 0 Å². The summed E-state index contributed by atoms with van der Waals surface area (Å²) in [5, 5.41) is 3.27. The second-order valence-corrected chi connectivity index (χ2v) is 9.40. The van der Waals surface area contributed by atoms with Gasteiger partial charge in [-0.25, -0.2) is 8.42 Å². The summed E-state index contributed by atoms with van der Waals surface area (Å²) < 4.78 is 27.6. The first kappa shape index (κ1) is 14.5. The first-order valence-electron chi connectivity index (χ1n) is 5.82. The maximum atomic E-state index is 12.4. The van der Waals surface area contributed by atoms with E-state index in [1.54, 1.807) is 16.4 Å². The van der Waals surface area contributed by atoms with Gasteiger partial charge in [0.1, 0.15) is 4.21 Å². The number of rotatable bonds is 3. The molecule has 1 aromatic heterocycles. The Kier molecular flexibility index (Phi) is 4.18. The van der Waals surface area contributed by atoms with Crippen molar-refractivity contribution in [2.75, 3.05) is 20.1 Å². The third-order valence-corrected chi connectivity index (χ3v) is 7.56. The van der Waals surface area contributed by atoms with Crippen molar-refractivity contribution in [3.8, 4) is 0 Å². The van der Waals surface area contributed by atoms with Crippen molar-refractivity contribution in [2.45, 2.75) is 29.5 Å². The van der Waals surface area contributed by atoms with Gasteiger partial charge in [-0.1, -0.05) is 0 Å². The zero-order chi connectivity index (χ0) is 13.4. The zero-order valence-corrected chi connectivity index (χ0v) is 13.7. The minimum Gasteiger partial charge on any atom is -0.314 e. The molecule has 1 N–H and O–H groups in total. The van der Waals surface area contributed by atoms with Crippen LogP contribution in [0.1, 0.15) is 19.8 Å². The number of piperidine rings is 1. The largest absolute Gasteiger partial charge is 0.314 e. The van der Waals surface area contributed by atoms with Crippen LogP contribution >= 0.6 is 27.3 Å². The van der Waals surface area contributed by atoms with Crippen molar-refractivity contribution in [1.29, 1.82) is 0 Å². The van der Waals surface area contributed by atoms with E-state index in [1.165, 1.54) is 11.3 Å². The summed E-state index contributed by atoms with van der Waals surface area (Å²) in [6.45, 7) is 3.29. The quantitative estimate of drug-likeness (QED) is 0.907. The van der Waals surface area contributed by atoms with Crippen LogP contribution in [0.4, 0.5) is 0 Å². The van der Waals surface area contributed by atoms with Gasteiger partial charge < -0.3 is 5.32 Å². The molecule has 1 aliphatic rings. The van der Waals surface area contributed by atoms with Gasteiger partial charge >= 0.3 is 0 Å². The number of sulfonamides is 1. The van der Waals surface area contributed by atoms with E-state index in [4.69, 9.17) is 0 Å². The molecule has 1 aromatic rings. The smallest absolute Gasteiger partial charge is 0.252 e. The summed E-state index contributed by atoms with van der Waals surface area (Å²) in [6.07, 6.45) is 1.69. The van der Waals surface area contributed by atoms with Crippen LogP contribution < -0.4 is 5.32 Å². The van der Waals surface area contributed by atoms with E-state index in [0.29, 0.717) is 17.3 Å². The Morgan fingerprint density at radius 1 is 1.39 bits per heavy atom. The second-order valence-electron chi connectivity index (χ2n) is 4.77. The fraction of sp³-hybridized carbons (Fsp3) is 0.636. The van der Waals surface area contributed by atoms with Gasteiger partial charge in [-0.2, -0.15) is 4.31 Å². The van der Waals surface area contributed by atoms with Crippen molar-refractivity contribution < 1.29 is 8.42 Å². The number of nitrogens with one attached hydrogen (secondary N) is 1. The molecular formula is C11H17BrN2O2S2. The first-order chi connectivity index (χ1) is 8.37. The fourth-order valence-corrected chi connectivity index (χ4v) is 5.64. The van der Waals surface area contributed by atoms with Gasteiger partial charge in [0.2, 0.25) is 0 Å². The monoisotopic (exact) mass is 352 g/mol. The van der Waals surface area contributed by atoms with Crippen molar-refractivity contribution in [3.05, 3.63) is 15.9 Å². The average molecular weight is 353 g/mol. The molecule has 0 aromatic carbocycles. The number of thiophene rings is 1. The molecule has 0 saturated carbocycles. The molecule has 0 aliphatic carbocycles. The average Bonchev–Trinajstić information content (AvgIpc) is 2.77. The van der Waals surface area contributed by atoms with E-state index in [0.717, 1.165) is 16.6 Å². The molecule has 2 rings (SSSR count). The Morgan fingerprint density at radius 3 is 2.44 bits per heavy atom. The Hall–Kier alpha value is 0.0500. The highest BCUT2D eigenvalue weighted by Gasteiger charge is 2.34. The van der Waals surface area contributed by atoms with Gasteiger partial charge in [0, 0.05) is 18.6 Å². The summed E-state index contributed by atoms with van der Waals surface area (Å²) in [6, 6.07) is 3.44. The Labute approximate surface area is 121 Å². The molecule has 0 spiro atoms. The van der Waals surface area contributed by atoms with Crippen LogP contribution in [0.2, 0.25) is 0 Å². The molecule has 102 valence electrons. The van der Waals surface area contributed by atoms with Crippen LogP contribution in [-0.2, 0) is 10.0 Å². The van der Waals surface area contributed by atoms with E-state index in [2.05, 4.69) is 28.2 Å². The van der Waals surface area contributed by atoms with E-state index >= 15 is 0 Å². The van der Waals surface area contributed by atoms with Crippen molar-refractivity contribution >= 4 is 37.3 Å². The highest BCUT2D eigenvalue weighted by atomic mass is 79.9. The minimum absolute atomic E-state index is 0.0576. The normalized spacial score (nSPS) is 21.1. The molecule has 2 heterocycles. The van der Waals surface area contributed by atoms with Crippen LogP contribution in [0, 0.1) is 0 Å². The van der Waals surface area contributed by atoms with Gasteiger partial charge in [0.05, 0.1) is 3.79 Å². The zero-order valence-electron chi connectivity index (χ0n) is 10.4. The molecule has 0 unspecified atom stereocenters. The lowest BCUT2D eigenvalue weighted by molar-refractivity contribution is 0.220. The second kappa shape index (κ2) is 5.20. The predicted octanol–water partition coefficient (Wildman–Crippen LogP) is 2.27. The van der Waals surface area contributed by atoms with Crippen molar-refractivity contribution in [2.24, 2.45) is 0 Å². The Bertz CT molecular complexity index is 519. The maximum Gasteiger partial charge on any atom is 0.252 e. The van der Waals surface area contributed by atoms with Gasteiger partial charge in [-0.15, -0.1) is 11.3 Å². The molecule has 7 heteroatoms. The van der Waals surface area contributed by atoms with E-state index in [1.807, 2.05) is 7.05 Å². The summed E-state index contributed by atoms with van der Waals surface area (Å²) >= 11 is 4.57. The number of hydrogen-bond acceptors (Lipinski definition) is 4. The maximum absolute atomic E-state index is 12.4. The first-order valence-corrected chi connectivity index (χ1v) is 8.87. The molecule has 4 nitrogen and oxygen atoms in total. The SMILES string of the molecule is CNC1(C)CCN(S(=O)(=O)c2ccc(Br)s2)CC1. The summed E-state index contributed by atoms with van der Waals surface area (Å²) in [5.74, 6) is 0. The molecule has 0 bridgehead atoms. The third-order valence-electron chi connectivity index (χ3n) is 3.57. The number of nitrogens with zero attached hydrogens (tertiary/aromatic N) is 1. The lowest BCUT2D eigenvalue weighted by Gasteiger charge is -2.38. The molecular weight excluding hydrogens is 336 g/mol. The van der Waals surface area contributed by atoms with Crippen LogP contribution in [0.25, 0.3) is 0 Å². The highest BCUT2D eigenvalue weighted by Crippen LogP contribution is 2.31. The third kappa shape index (κ3) is 2.80. The van der Waals surface area contributed by atoms with E-state index in [-0.39, 0.29) is 5.54 Å². The van der Waals surface area contributed by atoms with Crippen LogP contribution in [-0.4, -0.2) is 38.4 Å². The van der Waals surface area contributed by atoms with E-state index < -0.39 is 10.0 Å². The molecule has 1 fully saturated rings. The van der Waals surface area contributed by atoms with Crippen molar-refractivity contribution in [1.82, 2.24) is 9.62 Å². The van der Waals surface area contributed by atoms with Gasteiger partial charge in [-0.3, -0.25) is 0 Å². The van der Waals surface area contributed by atoms with E-state index in [9.17, 15) is 8.42 Å². The minimum atomic E-state index is -3.31. The van der Waals surface area contributed by atoms with Crippen LogP contribution in [0.3, 0.4) is 0 Å². The molecule has 0 radical (unpaired) electrons. The number of halogens is 1. The Balaban J connectivity index is 2.14. The Morgan fingerprint density at radius 2 is 2.00 bits per heavy atom. The summed E-state index contributed by atoms with van der Waals surface area (Å²) in [5.41, 5.74) is 0.0576. The topological polar surface area (TPSA) is 49.4 Å². The molecule has 18 heavy (non-hydrogen) atoms. The fourth-order valence-electron chi connectivity index (χ4n) is 2.03. The van der Waals surface area contributed by atoms with Crippen LogP contribution in [0.15, 0.2) is 20.1 Å². The standard InChI is InChI=1S/C11H17BrN2O2S2/c1-11(13-2)5-7-14(8-6-11)18(15,16)10-4-3-9(12)17-10/h3-4,13H,5-8H2,1-2H3. The lowest BCUT2D eigenvalue weighted by atomic mass is 9.91. The summed E-state index contributed by atoms with van der Waals surface area (Å²) in [4.78, 5) is 0. The molecule has 0 atom stereocenters. The summed E-state index contributed by atoms with van der Waals surface area (Å²) in [7, 11) is -1.37. The van der Waals surface area contributed by atoms with Gasteiger partial charge in [0.15, 0.2) is 0 Å².